The van der Waals surface area contributed by atoms with E-state index < -0.39 is 5.97 Å². The van der Waals surface area contributed by atoms with Crippen LogP contribution in [0.2, 0.25) is 0 Å². The Bertz CT molecular complexity index is 405. The largest absolute Gasteiger partial charge is 0.481 e. The molecule has 1 rings (SSSR count). The van der Waals surface area contributed by atoms with Gasteiger partial charge in [0, 0.05) is 11.0 Å². The van der Waals surface area contributed by atoms with E-state index in [1.54, 1.807) is 0 Å². The van der Waals surface area contributed by atoms with Crippen molar-refractivity contribution in [3.8, 4) is 0 Å². The molecule has 0 fully saturated rings. The Morgan fingerprint density at radius 1 is 1.39 bits per heavy atom. The predicted molar refractivity (Wildman–Crippen MR) is 76.7 cm³/mol. The molecular weight excluding hydrogens is 294 g/mol. The molecule has 0 aliphatic heterocycles. The summed E-state index contributed by atoms with van der Waals surface area (Å²) in [6.45, 7) is 5.49. The second-order valence-corrected chi connectivity index (χ2v) is 6.11. The monoisotopic (exact) mass is 313 g/mol. The second-order valence-electron chi connectivity index (χ2n) is 5.25. The zero-order valence-corrected chi connectivity index (χ0v) is 12.5. The van der Waals surface area contributed by atoms with Crippen molar-refractivity contribution >= 4 is 21.9 Å². The number of benzene rings is 1. The fourth-order valence-electron chi connectivity index (χ4n) is 1.82. The van der Waals surface area contributed by atoms with E-state index in [9.17, 15) is 4.79 Å². The zero-order valence-electron chi connectivity index (χ0n) is 10.9. The molecule has 2 N–H and O–H groups in total. The molecule has 100 valence electrons. The minimum absolute atomic E-state index is 0.190. The van der Waals surface area contributed by atoms with Crippen LogP contribution in [-0.4, -0.2) is 24.2 Å². The van der Waals surface area contributed by atoms with Crippen molar-refractivity contribution < 1.29 is 9.90 Å². The zero-order chi connectivity index (χ0) is 13.6. The van der Waals surface area contributed by atoms with Gasteiger partial charge in [-0.3, -0.25) is 4.79 Å². The van der Waals surface area contributed by atoms with Gasteiger partial charge in [-0.25, -0.2) is 0 Å². The fourth-order valence-corrected chi connectivity index (χ4v) is 2.31. The number of aliphatic carboxylic acids is 1. The minimum Gasteiger partial charge on any atom is -0.481 e. The van der Waals surface area contributed by atoms with Gasteiger partial charge >= 0.3 is 5.97 Å². The summed E-state index contributed by atoms with van der Waals surface area (Å²) in [4.78, 5) is 10.7. The average molecular weight is 314 g/mol. The lowest BCUT2D eigenvalue weighted by Crippen LogP contribution is -2.32. The predicted octanol–water partition coefficient (Wildman–Crippen LogP) is 3.08. The molecule has 4 heteroatoms. The fraction of sp³-hybridized carbons (Fsp3) is 0.500. The number of nitrogens with one attached hydrogen (secondary N) is 1. The molecule has 0 spiro atoms. The maximum Gasteiger partial charge on any atom is 0.303 e. The first-order chi connectivity index (χ1) is 8.41. The topological polar surface area (TPSA) is 49.3 Å². The lowest BCUT2D eigenvalue weighted by molar-refractivity contribution is -0.139. The molecule has 0 heterocycles. The molecule has 18 heavy (non-hydrogen) atoms. The molecule has 0 aromatic heterocycles. The van der Waals surface area contributed by atoms with Crippen LogP contribution in [0.25, 0.3) is 0 Å². The van der Waals surface area contributed by atoms with Gasteiger partial charge < -0.3 is 10.4 Å². The lowest BCUT2D eigenvalue weighted by Gasteiger charge is -2.22. The van der Waals surface area contributed by atoms with Crippen molar-refractivity contribution in [1.82, 2.24) is 5.32 Å². The number of hydrogen-bond acceptors (Lipinski definition) is 2. The number of rotatable bonds is 7. The molecule has 0 unspecified atom stereocenters. The molecule has 0 saturated heterocycles. The molecular formula is C14H20BrNO2. The quantitative estimate of drug-likeness (QED) is 0.761. The summed E-state index contributed by atoms with van der Waals surface area (Å²) in [7, 11) is 0. The summed E-state index contributed by atoms with van der Waals surface area (Å²) in [6.07, 6.45) is 1.12. The maximum atomic E-state index is 10.7. The summed E-state index contributed by atoms with van der Waals surface area (Å²) in [5.74, 6) is -0.743. The molecule has 0 atom stereocenters. The van der Waals surface area contributed by atoms with Crippen molar-refractivity contribution in [2.45, 2.75) is 26.7 Å². The van der Waals surface area contributed by atoms with Gasteiger partial charge in [-0.1, -0.05) is 48.0 Å². The van der Waals surface area contributed by atoms with Gasteiger partial charge in [0.05, 0.1) is 6.42 Å². The van der Waals surface area contributed by atoms with Crippen LogP contribution in [0.3, 0.4) is 0 Å². The van der Waals surface area contributed by atoms with Gasteiger partial charge in [0.25, 0.3) is 0 Å². The van der Waals surface area contributed by atoms with Crippen molar-refractivity contribution in [3.63, 3.8) is 0 Å². The molecule has 1 aromatic rings. The van der Waals surface area contributed by atoms with E-state index in [1.165, 1.54) is 5.56 Å². The normalized spacial score (nSPS) is 11.5. The number of carboxylic acids is 1. The van der Waals surface area contributed by atoms with Crippen molar-refractivity contribution in [3.05, 3.63) is 34.3 Å². The number of hydrogen-bond donors (Lipinski definition) is 2. The first-order valence-electron chi connectivity index (χ1n) is 6.07. The Labute approximate surface area is 117 Å². The van der Waals surface area contributed by atoms with Crippen LogP contribution >= 0.6 is 15.9 Å². The third-order valence-electron chi connectivity index (χ3n) is 2.76. The smallest absolute Gasteiger partial charge is 0.303 e. The molecule has 0 saturated carbocycles. The number of carbonyl (C=O) groups is 1. The summed E-state index contributed by atoms with van der Waals surface area (Å²) < 4.78 is 1.12. The van der Waals surface area contributed by atoms with Crippen molar-refractivity contribution in [1.29, 1.82) is 0 Å². The van der Waals surface area contributed by atoms with E-state index in [-0.39, 0.29) is 11.8 Å². The lowest BCUT2D eigenvalue weighted by atomic mass is 9.89. The van der Waals surface area contributed by atoms with Crippen molar-refractivity contribution in [2.75, 3.05) is 13.1 Å². The highest BCUT2D eigenvalue weighted by Crippen LogP contribution is 2.19. The molecule has 0 radical (unpaired) electrons. The maximum absolute atomic E-state index is 10.7. The first-order valence-corrected chi connectivity index (χ1v) is 6.86. The Morgan fingerprint density at radius 3 is 2.67 bits per heavy atom. The van der Waals surface area contributed by atoms with E-state index in [0.29, 0.717) is 6.54 Å². The summed E-state index contributed by atoms with van der Waals surface area (Å²) >= 11 is 3.52. The van der Waals surface area contributed by atoms with Crippen LogP contribution in [0.5, 0.6) is 0 Å². The highest BCUT2D eigenvalue weighted by molar-refractivity contribution is 9.10. The third kappa shape index (κ3) is 5.65. The van der Waals surface area contributed by atoms with E-state index >= 15 is 0 Å². The van der Waals surface area contributed by atoms with E-state index in [0.717, 1.165) is 17.4 Å². The van der Waals surface area contributed by atoms with Crippen molar-refractivity contribution in [2.24, 2.45) is 5.41 Å². The van der Waals surface area contributed by atoms with Gasteiger partial charge in [0.15, 0.2) is 0 Å². The number of carboxylic acid groups (broad SMARTS) is 1. The van der Waals surface area contributed by atoms with Gasteiger partial charge in [0.1, 0.15) is 0 Å². The Balaban J connectivity index is 2.31. The van der Waals surface area contributed by atoms with Crippen LogP contribution in [0.4, 0.5) is 0 Å². The van der Waals surface area contributed by atoms with Crippen LogP contribution in [0.1, 0.15) is 25.8 Å². The Hall–Kier alpha value is -0.870. The Kier molecular flexibility index (Phi) is 5.82. The minimum atomic E-state index is -0.743. The summed E-state index contributed by atoms with van der Waals surface area (Å²) in [5, 5.41) is 12.1. The molecule has 3 nitrogen and oxygen atoms in total. The van der Waals surface area contributed by atoms with Crippen LogP contribution < -0.4 is 5.32 Å². The molecule has 1 aromatic carbocycles. The summed E-state index contributed by atoms with van der Waals surface area (Å²) in [5.41, 5.74) is 1.06. The highest BCUT2D eigenvalue weighted by Gasteiger charge is 2.20. The molecule has 0 aliphatic carbocycles. The van der Waals surface area contributed by atoms with E-state index in [4.69, 9.17) is 5.11 Å². The SMILES string of the molecule is CC(C)(CNCCc1ccccc1Br)CC(=O)O. The van der Waals surface area contributed by atoms with E-state index in [1.807, 2.05) is 32.0 Å². The Morgan fingerprint density at radius 2 is 2.06 bits per heavy atom. The molecule has 0 aliphatic rings. The number of halogens is 1. The highest BCUT2D eigenvalue weighted by atomic mass is 79.9. The van der Waals surface area contributed by atoms with Crippen LogP contribution in [-0.2, 0) is 11.2 Å². The average Bonchev–Trinajstić information content (AvgIpc) is 2.25. The van der Waals surface area contributed by atoms with Crippen LogP contribution in [0.15, 0.2) is 28.7 Å². The standard InChI is InChI=1S/C14H20BrNO2/c1-14(2,9-13(17)18)10-16-8-7-11-5-3-4-6-12(11)15/h3-6,16H,7-10H2,1-2H3,(H,17,18). The second kappa shape index (κ2) is 6.90. The summed E-state index contributed by atoms with van der Waals surface area (Å²) in [6, 6.07) is 8.14. The first kappa shape index (κ1) is 15.2. The van der Waals surface area contributed by atoms with Gasteiger partial charge in [0.2, 0.25) is 0 Å². The molecule has 0 amide bonds. The van der Waals surface area contributed by atoms with Gasteiger partial charge in [-0.15, -0.1) is 0 Å². The van der Waals surface area contributed by atoms with E-state index in [2.05, 4.69) is 27.3 Å². The van der Waals surface area contributed by atoms with Crippen LogP contribution in [0, 0.1) is 5.41 Å². The van der Waals surface area contributed by atoms with Gasteiger partial charge in [-0.05, 0) is 30.0 Å². The third-order valence-corrected chi connectivity index (χ3v) is 3.54. The molecule has 0 bridgehead atoms. The van der Waals surface area contributed by atoms with Gasteiger partial charge in [-0.2, -0.15) is 0 Å².